The SMILES string of the molecule is C#CCOc1ccc(C2C3=C(CC(C)(C)CC3=O)N(CC)C3=C2C(=O)CC(C)(C)C3)cc1OC. The molecule has 0 spiro atoms. The minimum atomic E-state index is -0.393. The fourth-order valence-corrected chi connectivity index (χ4v) is 5.87. The topological polar surface area (TPSA) is 55.8 Å². The summed E-state index contributed by atoms with van der Waals surface area (Å²) in [6, 6.07) is 5.66. The number of hydrogen-bond donors (Lipinski definition) is 0. The minimum Gasteiger partial charge on any atom is -0.493 e. The van der Waals surface area contributed by atoms with Crippen LogP contribution in [0.4, 0.5) is 0 Å². The summed E-state index contributed by atoms with van der Waals surface area (Å²) in [7, 11) is 1.58. The zero-order valence-corrected chi connectivity index (χ0v) is 21.2. The predicted molar refractivity (Wildman–Crippen MR) is 133 cm³/mol. The summed E-state index contributed by atoms with van der Waals surface area (Å²) in [5.41, 5.74) is 4.32. The van der Waals surface area contributed by atoms with Crippen LogP contribution in [0.5, 0.6) is 11.5 Å². The number of benzene rings is 1. The maximum atomic E-state index is 13.7. The van der Waals surface area contributed by atoms with Crippen molar-refractivity contribution >= 4 is 11.6 Å². The number of Topliss-reactive ketones (excluding diaryl/α,β-unsaturated/α-hetero) is 2. The smallest absolute Gasteiger partial charge is 0.162 e. The molecule has 4 rings (SSSR count). The molecular weight excluding hydrogens is 426 g/mol. The maximum Gasteiger partial charge on any atom is 0.162 e. The largest absolute Gasteiger partial charge is 0.493 e. The summed E-state index contributed by atoms with van der Waals surface area (Å²) in [6.07, 6.45) is 7.92. The zero-order chi connectivity index (χ0) is 24.8. The first-order chi connectivity index (χ1) is 16.0. The summed E-state index contributed by atoms with van der Waals surface area (Å²) in [4.78, 5) is 29.6. The van der Waals surface area contributed by atoms with Gasteiger partial charge in [-0.15, -0.1) is 6.42 Å². The number of hydrogen-bond acceptors (Lipinski definition) is 5. The molecule has 0 bridgehead atoms. The molecular formula is C29H35NO4. The summed E-state index contributed by atoms with van der Waals surface area (Å²) in [5, 5.41) is 0. The molecule has 5 nitrogen and oxygen atoms in total. The number of rotatable bonds is 5. The summed E-state index contributed by atoms with van der Waals surface area (Å²) >= 11 is 0. The molecule has 1 aromatic rings. The molecule has 2 aliphatic carbocycles. The fraction of sp³-hybridized carbons (Fsp3) is 0.517. The van der Waals surface area contributed by atoms with Gasteiger partial charge in [0.2, 0.25) is 0 Å². The van der Waals surface area contributed by atoms with Gasteiger partial charge < -0.3 is 14.4 Å². The van der Waals surface area contributed by atoms with E-state index >= 15 is 0 Å². The summed E-state index contributed by atoms with van der Waals surface area (Å²) in [6.45, 7) is 11.6. The highest BCUT2D eigenvalue weighted by atomic mass is 16.5. The second-order valence-electron chi connectivity index (χ2n) is 11.2. The van der Waals surface area contributed by atoms with Gasteiger partial charge in [0, 0.05) is 47.8 Å². The number of methoxy groups -OCH3 is 1. The van der Waals surface area contributed by atoms with E-state index in [9.17, 15) is 9.59 Å². The third-order valence-corrected chi connectivity index (χ3v) is 7.17. The van der Waals surface area contributed by atoms with E-state index in [2.05, 4.69) is 45.4 Å². The lowest BCUT2D eigenvalue weighted by molar-refractivity contribution is -0.119. The Morgan fingerprint density at radius 1 is 0.971 bits per heavy atom. The zero-order valence-electron chi connectivity index (χ0n) is 21.2. The molecule has 3 aliphatic rings. The van der Waals surface area contributed by atoms with Gasteiger partial charge in [-0.05, 0) is 48.3 Å². The van der Waals surface area contributed by atoms with Gasteiger partial charge in [0.25, 0.3) is 0 Å². The van der Waals surface area contributed by atoms with Gasteiger partial charge in [-0.3, -0.25) is 9.59 Å². The van der Waals surface area contributed by atoms with E-state index in [0.717, 1.165) is 47.5 Å². The van der Waals surface area contributed by atoms with Crippen LogP contribution in [0, 0.1) is 23.2 Å². The third kappa shape index (κ3) is 4.15. The third-order valence-electron chi connectivity index (χ3n) is 7.17. The number of carbonyl (C=O) groups is 2. The molecule has 180 valence electrons. The van der Waals surface area contributed by atoms with Crippen molar-refractivity contribution in [2.75, 3.05) is 20.3 Å². The van der Waals surface area contributed by atoms with Gasteiger partial charge in [-0.2, -0.15) is 0 Å². The molecule has 0 unspecified atom stereocenters. The number of nitrogens with zero attached hydrogens (tertiary/aromatic N) is 1. The molecule has 0 saturated carbocycles. The van der Waals surface area contributed by atoms with Crippen LogP contribution < -0.4 is 9.47 Å². The van der Waals surface area contributed by atoms with Gasteiger partial charge in [-0.1, -0.05) is 39.7 Å². The van der Waals surface area contributed by atoms with Crippen molar-refractivity contribution in [1.29, 1.82) is 0 Å². The summed E-state index contributed by atoms with van der Waals surface area (Å²) in [5.74, 6) is 3.43. The Balaban J connectivity index is 1.95. The van der Waals surface area contributed by atoms with Crippen molar-refractivity contribution in [1.82, 2.24) is 4.90 Å². The van der Waals surface area contributed by atoms with Crippen LogP contribution in [0.2, 0.25) is 0 Å². The molecule has 0 fully saturated rings. The van der Waals surface area contributed by atoms with Crippen LogP contribution in [0.1, 0.15) is 71.8 Å². The molecule has 1 heterocycles. The van der Waals surface area contributed by atoms with Gasteiger partial charge in [0.1, 0.15) is 6.61 Å². The summed E-state index contributed by atoms with van der Waals surface area (Å²) < 4.78 is 11.2. The number of allylic oxidation sites excluding steroid dienone is 4. The number of carbonyl (C=O) groups excluding carboxylic acids is 2. The van der Waals surface area contributed by atoms with E-state index in [0.29, 0.717) is 24.3 Å². The number of ketones is 2. The quantitative estimate of drug-likeness (QED) is 0.549. The Kier molecular flexibility index (Phi) is 6.14. The Labute approximate surface area is 203 Å². The Hall–Kier alpha value is -3.00. The molecule has 0 amide bonds. The molecule has 0 saturated heterocycles. The second kappa shape index (κ2) is 8.65. The molecule has 0 N–H and O–H groups in total. The Morgan fingerprint density at radius 3 is 2.00 bits per heavy atom. The van der Waals surface area contributed by atoms with Gasteiger partial charge in [0.05, 0.1) is 7.11 Å². The lowest BCUT2D eigenvalue weighted by atomic mass is 9.63. The van der Waals surface area contributed by atoms with Gasteiger partial charge >= 0.3 is 0 Å². The van der Waals surface area contributed by atoms with E-state index < -0.39 is 5.92 Å². The first-order valence-corrected chi connectivity index (χ1v) is 12.1. The highest BCUT2D eigenvalue weighted by molar-refractivity contribution is 6.06. The van der Waals surface area contributed by atoms with E-state index in [1.807, 2.05) is 18.2 Å². The first kappa shape index (κ1) is 24.1. The van der Waals surface area contributed by atoms with Gasteiger partial charge in [0.15, 0.2) is 23.1 Å². The van der Waals surface area contributed by atoms with E-state index in [1.165, 1.54) is 0 Å². The van der Waals surface area contributed by atoms with Crippen molar-refractivity contribution in [2.24, 2.45) is 10.8 Å². The van der Waals surface area contributed by atoms with E-state index in [-0.39, 0.29) is 29.0 Å². The van der Waals surface area contributed by atoms with Crippen LogP contribution in [-0.4, -0.2) is 36.7 Å². The molecule has 1 aromatic carbocycles. The maximum absolute atomic E-state index is 13.7. The van der Waals surface area contributed by atoms with Crippen LogP contribution in [0.25, 0.3) is 0 Å². The Morgan fingerprint density at radius 2 is 1.53 bits per heavy atom. The molecule has 0 radical (unpaired) electrons. The molecule has 0 atom stereocenters. The van der Waals surface area contributed by atoms with Crippen molar-refractivity contribution in [2.45, 2.75) is 66.2 Å². The fourth-order valence-electron chi connectivity index (χ4n) is 5.87. The molecule has 34 heavy (non-hydrogen) atoms. The highest BCUT2D eigenvalue weighted by Crippen LogP contribution is 2.54. The van der Waals surface area contributed by atoms with Gasteiger partial charge in [-0.25, -0.2) is 0 Å². The molecule has 5 heteroatoms. The first-order valence-electron chi connectivity index (χ1n) is 12.1. The van der Waals surface area contributed by atoms with E-state index in [1.54, 1.807) is 7.11 Å². The van der Waals surface area contributed by atoms with Crippen molar-refractivity contribution < 1.29 is 19.1 Å². The highest BCUT2D eigenvalue weighted by Gasteiger charge is 2.48. The molecule has 1 aliphatic heterocycles. The minimum absolute atomic E-state index is 0.120. The van der Waals surface area contributed by atoms with Crippen LogP contribution in [0.3, 0.4) is 0 Å². The second-order valence-corrected chi connectivity index (χ2v) is 11.2. The average Bonchev–Trinajstić information content (AvgIpc) is 2.74. The number of ether oxygens (including phenoxy) is 2. The van der Waals surface area contributed by atoms with Crippen LogP contribution in [-0.2, 0) is 9.59 Å². The van der Waals surface area contributed by atoms with Crippen LogP contribution in [0.15, 0.2) is 40.7 Å². The normalized spacial score (nSPS) is 21.7. The lowest BCUT2D eigenvalue weighted by Gasteiger charge is -2.48. The monoisotopic (exact) mass is 461 g/mol. The Bertz CT molecular complexity index is 1090. The van der Waals surface area contributed by atoms with Crippen LogP contribution >= 0.6 is 0 Å². The average molecular weight is 462 g/mol. The van der Waals surface area contributed by atoms with Crippen molar-refractivity contribution in [3.8, 4) is 23.8 Å². The van der Waals surface area contributed by atoms with Crippen molar-refractivity contribution in [3.05, 3.63) is 46.3 Å². The predicted octanol–water partition coefficient (Wildman–Crippen LogP) is 5.41. The van der Waals surface area contributed by atoms with Crippen molar-refractivity contribution in [3.63, 3.8) is 0 Å². The lowest BCUT2D eigenvalue weighted by Crippen LogP contribution is -2.44. The van der Waals surface area contributed by atoms with E-state index in [4.69, 9.17) is 15.9 Å². The number of terminal acetylenes is 1. The standard InChI is InChI=1S/C29H35NO4/c1-8-12-34-23-11-10-18(13-24(23)33-7)25-26-19(14-28(3,4)16-21(26)31)30(9-2)20-15-29(5,6)17-22(32)27(20)25/h1,10-11,13,25H,9,12,14-17H2,2-7H3. The molecule has 0 aromatic heterocycles.